The van der Waals surface area contributed by atoms with Crippen LogP contribution in [0.5, 0.6) is 0 Å². The molecule has 0 fully saturated rings. The standard InChI is InChI=1S/C7H5F3N2O/c8-7(9,10)5-1-2-11-6(3-5)12-4-13/h1-4H,(H,11,12,13). The van der Waals surface area contributed by atoms with Crippen molar-refractivity contribution in [3.8, 4) is 0 Å². The topological polar surface area (TPSA) is 42.0 Å². The van der Waals surface area contributed by atoms with Gasteiger partial charge in [-0.15, -0.1) is 0 Å². The summed E-state index contributed by atoms with van der Waals surface area (Å²) in [7, 11) is 0. The van der Waals surface area contributed by atoms with Gasteiger partial charge in [0.2, 0.25) is 6.41 Å². The highest BCUT2D eigenvalue weighted by atomic mass is 19.4. The van der Waals surface area contributed by atoms with Crippen molar-refractivity contribution in [2.24, 2.45) is 0 Å². The molecule has 6 heteroatoms. The third-order valence-electron chi connectivity index (χ3n) is 1.29. The monoisotopic (exact) mass is 190 g/mol. The van der Waals surface area contributed by atoms with Crippen LogP contribution in [-0.2, 0) is 11.0 Å². The van der Waals surface area contributed by atoms with E-state index < -0.39 is 11.7 Å². The van der Waals surface area contributed by atoms with Crippen molar-refractivity contribution in [1.82, 2.24) is 4.98 Å². The van der Waals surface area contributed by atoms with E-state index >= 15 is 0 Å². The first-order valence-electron chi connectivity index (χ1n) is 3.27. The van der Waals surface area contributed by atoms with Gasteiger partial charge in [-0.1, -0.05) is 0 Å². The summed E-state index contributed by atoms with van der Waals surface area (Å²) in [6.07, 6.45) is -3.17. The highest BCUT2D eigenvalue weighted by molar-refractivity contribution is 5.68. The highest BCUT2D eigenvalue weighted by Crippen LogP contribution is 2.29. The summed E-state index contributed by atoms with van der Waals surface area (Å²) in [6.45, 7) is 0. The minimum absolute atomic E-state index is 0.121. The number of rotatable bonds is 2. The minimum atomic E-state index is -4.41. The third-order valence-corrected chi connectivity index (χ3v) is 1.29. The molecule has 0 aliphatic heterocycles. The van der Waals surface area contributed by atoms with Crippen LogP contribution in [0.15, 0.2) is 18.3 Å². The van der Waals surface area contributed by atoms with E-state index in [1.54, 1.807) is 0 Å². The van der Waals surface area contributed by atoms with Gasteiger partial charge in [0.1, 0.15) is 5.82 Å². The van der Waals surface area contributed by atoms with Crippen LogP contribution in [0.25, 0.3) is 0 Å². The van der Waals surface area contributed by atoms with Crippen LogP contribution >= 0.6 is 0 Å². The molecule has 0 aromatic carbocycles. The van der Waals surface area contributed by atoms with Gasteiger partial charge in [0.05, 0.1) is 5.56 Å². The van der Waals surface area contributed by atoms with Crippen molar-refractivity contribution in [1.29, 1.82) is 0 Å². The van der Waals surface area contributed by atoms with Gasteiger partial charge in [-0.05, 0) is 12.1 Å². The molecule has 1 amide bonds. The maximum Gasteiger partial charge on any atom is 0.416 e. The molecule has 0 spiro atoms. The Bertz CT molecular complexity index is 311. The average molecular weight is 190 g/mol. The third kappa shape index (κ3) is 2.43. The number of hydrogen-bond donors (Lipinski definition) is 1. The van der Waals surface area contributed by atoms with Gasteiger partial charge in [0.25, 0.3) is 0 Å². The van der Waals surface area contributed by atoms with E-state index in [4.69, 9.17) is 0 Å². The molecular formula is C7H5F3N2O. The molecule has 0 aliphatic carbocycles. The summed E-state index contributed by atoms with van der Waals surface area (Å²) in [5.74, 6) is -0.121. The smallest absolute Gasteiger partial charge is 0.313 e. The Morgan fingerprint density at radius 1 is 1.46 bits per heavy atom. The lowest BCUT2D eigenvalue weighted by atomic mass is 10.2. The lowest BCUT2D eigenvalue weighted by molar-refractivity contribution is -0.137. The zero-order chi connectivity index (χ0) is 9.90. The number of alkyl halides is 3. The van der Waals surface area contributed by atoms with Gasteiger partial charge >= 0.3 is 6.18 Å². The molecular weight excluding hydrogens is 185 g/mol. The number of hydrogen-bond acceptors (Lipinski definition) is 2. The Balaban J connectivity index is 2.98. The molecule has 1 aromatic heterocycles. The molecule has 0 bridgehead atoms. The summed E-state index contributed by atoms with van der Waals surface area (Å²) < 4.78 is 36.2. The van der Waals surface area contributed by atoms with Crippen LogP contribution in [0.2, 0.25) is 0 Å². The summed E-state index contributed by atoms with van der Waals surface area (Å²) in [4.78, 5) is 13.4. The predicted molar refractivity (Wildman–Crippen MR) is 38.9 cm³/mol. The fraction of sp³-hybridized carbons (Fsp3) is 0.143. The van der Waals surface area contributed by atoms with E-state index in [2.05, 4.69) is 4.98 Å². The SMILES string of the molecule is O=CNc1cc(C(F)(F)F)ccn1. The van der Waals surface area contributed by atoms with Crippen LogP contribution in [0.4, 0.5) is 19.0 Å². The van der Waals surface area contributed by atoms with E-state index in [9.17, 15) is 18.0 Å². The number of halogens is 3. The Hall–Kier alpha value is -1.59. The number of nitrogens with zero attached hydrogens (tertiary/aromatic N) is 1. The predicted octanol–water partition coefficient (Wildman–Crippen LogP) is 1.67. The van der Waals surface area contributed by atoms with E-state index in [1.165, 1.54) is 0 Å². The molecule has 1 rings (SSSR count). The molecule has 70 valence electrons. The van der Waals surface area contributed by atoms with Crippen molar-refractivity contribution >= 4 is 12.2 Å². The van der Waals surface area contributed by atoms with Crippen molar-refractivity contribution in [2.45, 2.75) is 6.18 Å². The average Bonchev–Trinajstić information content (AvgIpc) is 2.04. The number of aromatic nitrogens is 1. The van der Waals surface area contributed by atoms with Gasteiger partial charge < -0.3 is 5.32 Å². The maximum atomic E-state index is 12.1. The van der Waals surface area contributed by atoms with Crippen LogP contribution < -0.4 is 5.32 Å². The van der Waals surface area contributed by atoms with Gasteiger partial charge in [-0.2, -0.15) is 13.2 Å². The Morgan fingerprint density at radius 2 is 2.15 bits per heavy atom. The van der Waals surface area contributed by atoms with Crippen molar-refractivity contribution in [3.05, 3.63) is 23.9 Å². The number of anilines is 1. The second kappa shape index (κ2) is 3.42. The lowest BCUT2D eigenvalue weighted by Crippen LogP contribution is -2.06. The van der Waals surface area contributed by atoms with Crippen molar-refractivity contribution in [2.75, 3.05) is 5.32 Å². The molecule has 0 saturated carbocycles. The number of carbonyl (C=O) groups excluding carboxylic acids is 1. The first-order chi connectivity index (χ1) is 6.04. The number of pyridine rings is 1. The van der Waals surface area contributed by atoms with E-state index in [1.807, 2.05) is 5.32 Å². The van der Waals surface area contributed by atoms with Crippen molar-refractivity contribution < 1.29 is 18.0 Å². The van der Waals surface area contributed by atoms with Crippen LogP contribution in [-0.4, -0.2) is 11.4 Å². The number of amides is 1. The second-order valence-corrected chi connectivity index (χ2v) is 2.19. The summed E-state index contributed by atoms with van der Waals surface area (Å²) in [5, 5.41) is 2.03. The number of carbonyl (C=O) groups is 1. The van der Waals surface area contributed by atoms with Gasteiger partial charge in [0.15, 0.2) is 0 Å². The summed E-state index contributed by atoms with van der Waals surface area (Å²) in [6, 6.07) is 1.59. The highest BCUT2D eigenvalue weighted by Gasteiger charge is 2.30. The Kier molecular flexibility index (Phi) is 2.50. The molecule has 13 heavy (non-hydrogen) atoms. The summed E-state index contributed by atoms with van der Waals surface area (Å²) in [5.41, 5.74) is -0.841. The molecule has 0 saturated heterocycles. The van der Waals surface area contributed by atoms with Gasteiger partial charge in [-0.25, -0.2) is 4.98 Å². The molecule has 1 aromatic rings. The summed E-state index contributed by atoms with van der Waals surface area (Å²) >= 11 is 0. The Labute approximate surface area is 71.6 Å². The van der Waals surface area contributed by atoms with Crippen LogP contribution in [0, 0.1) is 0 Å². The van der Waals surface area contributed by atoms with Gasteiger partial charge in [-0.3, -0.25) is 4.79 Å². The molecule has 0 atom stereocenters. The van der Waals surface area contributed by atoms with Crippen LogP contribution in [0.1, 0.15) is 5.56 Å². The lowest BCUT2D eigenvalue weighted by Gasteiger charge is -2.06. The number of nitrogens with one attached hydrogen (secondary N) is 1. The molecule has 3 nitrogen and oxygen atoms in total. The molecule has 1 heterocycles. The van der Waals surface area contributed by atoms with Crippen LogP contribution in [0.3, 0.4) is 0 Å². The van der Waals surface area contributed by atoms with Crippen molar-refractivity contribution in [3.63, 3.8) is 0 Å². The molecule has 1 N–H and O–H groups in total. The largest absolute Gasteiger partial charge is 0.416 e. The fourth-order valence-corrected chi connectivity index (χ4v) is 0.746. The van der Waals surface area contributed by atoms with E-state index in [0.29, 0.717) is 0 Å². The normalized spacial score (nSPS) is 11.0. The van der Waals surface area contributed by atoms with E-state index in [-0.39, 0.29) is 12.2 Å². The molecule has 0 unspecified atom stereocenters. The zero-order valence-electron chi connectivity index (χ0n) is 6.30. The maximum absolute atomic E-state index is 12.1. The first-order valence-corrected chi connectivity index (χ1v) is 3.27. The molecule has 0 aliphatic rings. The first kappa shape index (κ1) is 9.50. The minimum Gasteiger partial charge on any atom is -0.313 e. The molecule has 0 radical (unpaired) electrons. The Morgan fingerprint density at radius 3 is 2.69 bits per heavy atom. The van der Waals surface area contributed by atoms with Gasteiger partial charge in [0, 0.05) is 6.20 Å². The quantitative estimate of drug-likeness (QED) is 0.720. The zero-order valence-corrected chi connectivity index (χ0v) is 6.30. The van der Waals surface area contributed by atoms with E-state index in [0.717, 1.165) is 18.3 Å². The second-order valence-electron chi connectivity index (χ2n) is 2.19. The fourth-order valence-electron chi connectivity index (χ4n) is 0.746.